The minimum absolute atomic E-state index is 0.382. The van der Waals surface area contributed by atoms with Crippen LogP contribution in [-0.2, 0) is 10.1 Å². The lowest BCUT2D eigenvalue weighted by Crippen LogP contribution is -2.28. The van der Waals surface area contributed by atoms with Gasteiger partial charge in [0.2, 0.25) is 0 Å². The van der Waals surface area contributed by atoms with Gasteiger partial charge in [0.05, 0.1) is 5.69 Å². The lowest BCUT2D eigenvalue weighted by atomic mass is 10.2. The van der Waals surface area contributed by atoms with Crippen molar-refractivity contribution in [1.82, 2.24) is 0 Å². The molecule has 0 aromatic heterocycles. The largest absolute Gasteiger partial charge is 0.534 e. The molecule has 0 fully saturated rings. The molecule has 0 N–H and O–H groups in total. The molecule has 0 aliphatic carbocycles. The van der Waals surface area contributed by atoms with Crippen molar-refractivity contribution in [3.63, 3.8) is 0 Å². The van der Waals surface area contributed by atoms with Gasteiger partial charge in [0, 0.05) is 9.38 Å². The molecule has 0 aliphatic heterocycles. The maximum atomic E-state index is 12.2. The third kappa shape index (κ3) is 3.52. The molecule has 0 bridgehead atoms. The van der Waals surface area contributed by atoms with E-state index < -0.39 is 21.4 Å². The number of hydrogen-bond donors (Lipinski definition) is 0. The summed E-state index contributed by atoms with van der Waals surface area (Å²) in [5.41, 5.74) is 2.74. The molecule has 0 atom stereocenters. The van der Waals surface area contributed by atoms with E-state index in [0.717, 1.165) is 12.1 Å². The van der Waals surface area contributed by atoms with E-state index in [2.05, 4.69) is 30.1 Å². The number of rotatable bonds is 3. The van der Waals surface area contributed by atoms with Gasteiger partial charge in [-0.3, -0.25) is 0 Å². The molecular formula is C8H5BrF3N3O3S. The van der Waals surface area contributed by atoms with Gasteiger partial charge in [-0.05, 0) is 30.2 Å². The number of alkyl halides is 3. The van der Waals surface area contributed by atoms with Gasteiger partial charge in [-0.25, -0.2) is 0 Å². The molecule has 1 rings (SSSR count). The zero-order chi connectivity index (χ0) is 14.8. The molecule has 0 amide bonds. The van der Waals surface area contributed by atoms with Crippen LogP contribution in [0.5, 0.6) is 5.75 Å². The molecule has 19 heavy (non-hydrogen) atoms. The summed E-state index contributed by atoms with van der Waals surface area (Å²) in [5.74, 6) is -0.698. The zero-order valence-corrected chi connectivity index (χ0v) is 11.5. The monoisotopic (exact) mass is 359 g/mol. The summed E-state index contributed by atoms with van der Waals surface area (Å²) in [6.45, 7) is 1.50. The minimum atomic E-state index is -5.82. The van der Waals surface area contributed by atoms with Gasteiger partial charge in [0.1, 0.15) is 0 Å². The van der Waals surface area contributed by atoms with Crippen LogP contribution in [0.1, 0.15) is 5.56 Å². The number of nitrogens with zero attached hydrogens (tertiary/aromatic N) is 3. The Balaban J connectivity index is 3.36. The van der Waals surface area contributed by atoms with E-state index in [1.165, 1.54) is 6.92 Å². The molecule has 1 aromatic rings. The third-order valence-electron chi connectivity index (χ3n) is 1.88. The van der Waals surface area contributed by atoms with Crippen LogP contribution in [0.4, 0.5) is 18.9 Å². The highest BCUT2D eigenvalue weighted by atomic mass is 79.9. The van der Waals surface area contributed by atoms with Crippen molar-refractivity contribution >= 4 is 31.7 Å². The van der Waals surface area contributed by atoms with Gasteiger partial charge < -0.3 is 4.18 Å². The topological polar surface area (TPSA) is 92.1 Å². The van der Waals surface area contributed by atoms with E-state index in [-0.39, 0.29) is 5.69 Å². The highest BCUT2D eigenvalue weighted by molar-refractivity contribution is 9.10. The summed E-state index contributed by atoms with van der Waals surface area (Å²) in [6, 6.07) is 2.16. The van der Waals surface area contributed by atoms with E-state index in [0.29, 0.717) is 10.0 Å². The Kier molecular flexibility index (Phi) is 4.33. The van der Waals surface area contributed by atoms with Crippen molar-refractivity contribution in [2.45, 2.75) is 12.4 Å². The molecule has 0 saturated carbocycles. The van der Waals surface area contributed by atoms with Gasteiger partial charge in [0.25, 0.3) is 0 Å². The quantitative estimate of drug-likeness (QED) is 0.269. The van der Waals surface area contributed by atoms with Crippen LogP contribution in [-0.4, -0.2) is 13.9 Å². The van der Waals surface area contributed by atoms with Crippen molar-refractivity contribution in [2.24, 2.45) is 5.11 Å². The van der Waals surface area contributed by atoms with Gasteiger partial charge in [-0.2, -0.15) is 21.6 Å². The molecule has 0 heterocycles. The predicted octanol–water partition coefficient (Wildman–Crippen LogP) is 3.93. The van der Waals surface area contributed by atoms with Crippen LogP contribution < -0.4 is 4.18 Å². The molecule has 104 valence electrons. The molecule has 0 aliphatic rings. The summed E-state index contributed by atoms with van der Waals surface area (Å²) in [4.78, 5) is 2.38. The second-order valence-corrected chi connectivity index (χ2v) is 5.63. The van der Waals surface area contributed by atoms with Gasteiger partial charge in [-0.1, -0.05) is 21.0 Å². The van der Waals surface area contributed by atoms with Crippen LogP contribution in [0, 0.1) is 6.92 Å². The average Bonchev–Trinajstić information content (AvgIpc) is 2.23. The smallest absolute Gasteiger partial charge is 0.376 e. The van der Waals surface area contributed by atoms with Crippen LogP contribution in [0.15, 0.2) is 21.7 Å². The first-order valence-electron chi connectivity index (χ1n) is 4.44. The Hall–Kier alpha value is -1.45. The Morgan fingerprint density at radius 2 is 2.00 bits per heavy atom. The number of hydrogen-bond acceptors (Lipinski definition) is 4. The summed E-state index contributed by atoms with van der Waals surface area (Å²) in [6.07, 6.45) is 0. The summed E-state index contributed by atoms with van der Waals surface area (Å²) in [5, 5.41) is 3.07. The maximum absolute atomic E-state index is 12.2. The van der Waals surface area contributed by atoms with Crippen LogP contribution in [0.25, 0.3) is 10.4 Å². The fourth-order valence-corrected chi connectivity index (χ4v) is 1.80. The second-order valence-electron chi connectivity index (χ2n) is 3.24. The second kappa shape index (κ2) is 5.27. The lowest BCUT2D eigenvalue weighted by Gasteiger charge is -2.12. The molecule has 1 aromatic carbocycles. The fraction of sp³-hybridized carbons (Fsp3) is 0.250. The number of azide groups is 1. The molecule has 0 saturated heterocycles. The number of halogens is 4. The number of benzene rings is 1. The van der Waals surface area contributed by atoms with Gasteiger partial charge >= 0.3 is 15.6 Å². The zero-order valence-electron chi connectivity index (χ0n) is 9.14. The Labute approximate surface area is 114 Å². The van der Waals surface area contributed by atoms with Crippen molar-refractivity contribution in [2.75, 3.05) is 0 Å². The maximum Gasteiger partial charge on any atom is 0.534 e. The van der Waals surface area contributed by atoms with Gasteiger partial charge in [0.15, 0.2) is 5.75 Å². The molecule has 0 radical (unpaired) electrons. The van der Waals surface area contributed by atoms with Crippen LogP contribution in [0.2, 0.25) is 0 Å². The standard InChI is InChI=1S/C8H5BrF3N3O3S/c1-4-2-7(6(14-15-13)3-5(4)9)18-19(16,17)8(10,11)12/h2-3H,1H3. The summed E-state index contributed by atoms with van der Waals surface area (Å²) < 4.78 is 62.7. The average molecular weight is 360 g/mol. The van der Waals surface area contributed by atoms with Crippen molar-refractivity contribution < 1.29 is 25.8 Å². The van der Waals surface area contributed by atoms with E-state index in [1.807, 2.05) is 0 Å². The normalized spacial score (nSPS) is 11.8. The van der Waals surface area contributed by atoms with E-state index in [1.54, 1.807) is 0 Å². The van der Waals surface area contributed by atoms with Crippen LogP contribution in [0.3, 0.4) is 0 Å². The fourth-order valence-electron chi connectivity index (χ4n) is 1.00. The first kappa shape index (κ1) is 15.6. The molecular weight excluding hydrogens is 355 g/mol. The van der Waals surface area contributed by atoms with Gasteiger partial charge in [-0.15, -0.1) is 0 Å². The Morgan fingerprint density at radius 3 is 2.47 bits per heavy atom. The van der Waals surface area contributed by atoms with E-state index in [4.69, 9.17) is 5.53 Å². The molecule has 0 unspecified atom stereocenters. The Bertz CT molecular complexity index is 653. The molecule has 11 heteroatoms. The number of aryl methyl sites for hydroxylation is 1. The molecule has 6 nitrogen and oxygen atoms in total. The van der Waals surface area contributed by atoms with Crippen molar-refractivity contribution in [3.8, 4) is 5.75 Å². The summed E-state index contributed by atoms with van der Waals surface area (Å²) in [7, 11) is -5.82. The van der Waals surface area contributed by atoms with E-state index in [9.17, 15) is 21.6 Å². The first-order chi connectivity index (χ1) is 8.58. The lowest BCUT2D eigenvalue weighted by molar-refractivity contribution is -0.0499. The van der Waals surface area contributed by atoms with Crippen molar-refractivity contribution in [3.05, 3.63) is 32.6 Å². The predicted molar refractivity (Wildman–Crippen MR) is 63.3 cm³/mol. The van der Waals surface area contributed by atoms with Crippen molar-refractivity contribution in [1.29, 1.82) is 0 Å². The molecule has 0 spiro atoms. The highest BCUT2D eigenvalue weighted by Crippen LogP contribution is 2.37. The summed E-state index contributed by atoms with van der Waals surface area (Å²) >= 11 is 3.06. The van der Waals surface area contributed by atoms with Crippen LogP contribution >= 0.6 is 15.9 Å². The Morgan fingerprint density at radius 1 is 1.42 bits per heavy atom. The van der Waals surface area contributed by atoms with E-state index >= 15 is 0 Å². The first-order valence-corrected chi connectivity index (χ1v) is 6.64. The minimum Gasteiger partial charge on any atom is -0.376 e. The highest BCUT2D eigenvalue weighted by Gasteiger charge is 2.48. The SMILES string of the molecule is Cc1cc(OS(=O)(=O)C(F)(F)F)c(N=[N+]=[N-])cc1Br. The third-order valence-corrected chi connectivity index (χ3v) is 3.70.